The number of esters is 2. The van der Waals surface area contributed by atoms with Crippen molar-refractivity contribution in [3.8, 4) is 0 Å². The standard InChI is InChI=1S/C23H25N3O7S/c1-4-32-23(31)17-12(2)18(20(29)24-3)34-21(17)26-16(27)11-33-22(30)14-7-9-15(10-8-14)25-19(28)13-5-6-13/h7-10,13H,4-6,11H2,1-3H3,(H,24,29)(H,25,28)(H,26,27). The van der Waals surface area contributed by atoms with Crippen molar-refractivity contribution in [2.45, 2.75) is 26.7 Å². The molecule has 2 aromatic rings. The average Bonchev–Trinajstić information content (AvgIpc) is 3.62. The van der Waals surface area contributed by atoms with Gasteiger partial charge in [0.2, 0.25) is 5.91 Å². The largest absolute Gasteiger partial charge is 0.462 e. The van der Waals surface area contributed by atoms with Gasteiger partial charge in [-0.15, -0.1) is 11.3 Å². The molecule has 0 atom stereocenters. The Labute approximate surface area is 200 Å². The van der Waals surface area contributed by atoms with Gasteiger partial charge in [0.15, 0.2) is 6.61 Å². The fraction of sp³-hybridized carbons (Fsp3) is 0.348. The van der Waals surface area contributed by atoms with Gasteiger partial charge in [-0.1, -0.05) is 0 Å². The zero-order valence-corrected chi connectivity index (χ0v) is 19.8. The fourth-order valence-corrected chi connectivity index (χ4v) is 4.19. The highest BCUT2D eigenvalue weighted by Crippen LogP contribution is 2.34. The first-order chi connectivity index (χ1) is 16.2. The summed E-state index contributed by atoms with van der Waals surface area (Å²) in [6, 6.07) is 6.13. The molecule has 10 nitrogen and oxygen atoms in total. The second kappa shape index (κ2) is 10.9. The molecular weight excluding hydrogens is 462 g/mol. The monoisotopic (exact) mass is 487 g/mol. The first-order valence-corrected chi connectivity index (χ1v) is 11.5. The smallest absolute Gasteiger partial charge is 0.341 e. The molecule has 0 bridgehead atoms. The molecular formula is C23H25N3O7S. The van der Waals surface area contributed by atoms with Crippen LogP contribution in [0.2, 0.25) is 0 Å². The van der Waals surface area contributed by atoms with E-state index in [2.05, 4.69) is 16.0 Å². The van der Waals surface area contributed by atoms with Crippen LogP contribution in [-0.2, 0) is 19.1 Å². The zero-order valence-electron chi connectivity index (χ0n) is 19.0. The van der Waals surface area contributed by atoms with E-state index in [9.17, 15) is 24.0 Å². The molecule has 0 spiro atoms. The number of benzene rings is 1. The van der Waals surface area contributed by atoms with Gasteiger partial charge in [0.25, 0.3) is 11.8 Å². The fourth-order valence-electron chi connectivity index (χ4n) is 3.04. The summed E-state index contributed by atoms with van der Waals surface area (Å²) in [6.45, 7) is 2.75. The highest BCUT2D eigenvalue weighted by molar-refractivity contribution is 7.18. The summed E-state index contributed by atoms with van der Waals surface area (Å²) in [4.78, 5) is 61.2. The molecule has 1 aromatic carbocycles. The van der Waals surface area contributed by atoms with Crippen molar-refractivity contribution in [1.29, 1.82) is 0 Å². The predicted molar refractivity (Wildman–Crippen MR) is 125 cm³/mol. The second-order valence-electron chi connectivity index (χ2n) is 7.53. The Morgan fingerprint density at radius 1 is 1.00 bits per heavy atom. The SMILES string of the molecule is CCOC(=O)c1c(NC(=O)COC(=O)c2ccc(NC(=O)C3CC3)cc2)sc(C(=O)NC)c1C. The first kappa shape index (κ1) is 24.9. The van der Waals surface area contributed by atoms with Crippen LogP contribution in [0.3, 0.4) is 0 Å². The lowest BCUT2D eigenvalue weighted by Gasteiger charge is -2.08. The molecule has 0 unspecified atom stereocenters. The first-order valence-electron chi connectivity index (χ1n) is 10.7. The Hall–Kier alpha value is -3.73. The summed E-state index contributed by atoms with van der Waals surface area (Å²) >= 11 is 0.925. The zero-order chi connectivity index (χ0) is 24.8. The van der Waals surface area contributed by atoms with Gasteiger partial charge in [-0.05, 0) is 56.5 Å². The molecule has 180 valence electrons. The van der Waals surface area contributed by atoms with Crippen LogP contribution in [0.5, 0.6) is 0 Å². The van der Waals surface area contributed by atoms with Gasteiger partial charge in [0.05, 0.1) is 22.6 Å². The van der Waals surface area contributed by atoms with Crippen molar-refractivity contribution >= 4 is 51.7 Å². The van der Waals surface area contributed by atoms with E-state index in [0.717, 1.165) is 24.2 Å². The van der Waals surface area contributed by atoms with Gasteiger partial charge >= 0.3 is 11.9 Å². The molecule has 3 rings (SSSR count). The third-order valence-corrected chi connectivity index (χ3v) is 6.19. The van der Waals surface area contributed by atoms with E-state index >= 15 is 0 Å². The number of rotatable bonds is 9. The number of carbonyl (C=O) groups excluding carboxylic acids is 5. The highest BCUT2D eigenvalue weighted by atomic mass is 32.1. The Bertz CT molecular complexity index is 1120. The van der Waals surface area contributed by atoms with E-state index in [1.165, 1.54) is 19.2 Å². The van der Waals surface area contributed by atoms with Crippen molar-refractivity contribution in [3.05, 3.63) is 45.8 Å². The predicted octanol–water partition coefficient (Wildman–Crippen LogP) is 2.74. The third kappa shape index (κ3) is 5.98. The molecule has 34 heavy (non-hydrogen) atoms. The van der Waals surface area contributed by atoms with E-state index in [-0.39, 0.29) is 39.4 Å². The number of nitrogens with one attached hydrogen (secondary N) is 3. The summed E-state index contributed by atoms with van der Waals surface area (Å²) in [7, 11) is 1.46. The van der Waals surface area contributed by atoms with E-state index in [1.54, 1.807) is 26.0 Å². The molecule has 0 saturated heterocycles. The van der Waals surface area contributed by atoms with Crippen molar-refractivity contribution in [3.63, 3.8) is 0 Å². The summed E-state index contributed by atoms with van der Waals surface area (Å²) in [5, 5.41) is 7.90. The lowest BCUT2D eigenvalue weighted by Crippen LogP contribution is -2.22. The molecule has 3 N–H and O–H groups in total. The quantitative estimate of drug-likeness (QED) is 0.462. The van der Waals surface area contributed by atoms with Crippen LogP contribution < -0.4 is 16.0 Å². The van der Waals surface area contributed by atoms with Gasteiger partial charge in [0.1, 0.15) is 5.00 Å². The molecule has 0 aliphatic heterocycles. The van der Waals surface area contributed by atoms with Crippen LogP contribution >= 0.6 is 11.3 Å². The van der Waals surface area contributed by atoms with E-state index in [0.29, 0.717) is 11.3 Å². The van der Waals surface area contributed by atoms with E-state index in [1.807, 2.05) is 0 Å². The molecule has 1 aliphatic rings. The average molecular weight is 488 g/mol. The van der Waals surface area contributed by atoms with Gasteiger partial charge in [-0.25, -0.2) is 9.59 Å². The molecule has 3 amide bonds. The molecule has 1 saturated carbocycles. The van der Waals surface area contributed by atoms with Gasteiger partial charge in [-0.3, -0.25) is 14.4 Å². The van der Waals surface area contributed by atoms with Crippen LogP contribution in [0.1, 0.15) is 55.7 Å². The highest BCUT2D eigenvalue weighted by Gasteiger charge is 2.29. The molecule has 1 aliphatic carbocycles. The van der Waals surface area contributed by atoms with Crippen LogP contribution in [0, 0.1) is 12.8 Å². The number of hydrogen-bond donors (Lipinski definition) is 3. The lowest BCUT2D eigenvalue weighted by molar-refractivity contribution is -0.119. The summed E-state index contributed by atoms with van der Waals surface area (Å²) in [6.07, 6.45) is 1.77. The van der Waals surface area contributed by atoms with Crippen LogP contribution in [0.25, 0.3) is 0 Å². The van der Waals surface area contributed by atoms with Crippen LogP contribution in [0.4, 0.5) is 10.7 Å². The summed E-state index contributed by atoms with van der Waals surface area (Å²) in [5.41, 5.74) is 1.23. The molecule has 11 heteroatoms. The Morgan fingerprint density at radius 3 is 2.26 bits per heavy atom. The van der Waals surface area contributed by atoms with Crippen molar-refractivity contribution < 1.29 is 33.4 Å². The molecule has 1 aromatic heterocycles. The number of hydrogen-bond acceptors (Lipinski definition) is 8. The number of carbonyl (C=O) groups is 5. The minimum atomic E-state index is -0.728. The molecule has 0 radical (unpaired) electrons. The Balaban J connectivity index is 1.61. The second-order valence-corrected chi connectivity index (χ2v) is 8.55. The van der Waals surface area contributed by atoms with E-state index < -0.39 is 30.4 Å². The van der Waals surface area contributed by atoms with Crippen molar-refractivity contribution in [2.24, 2.45) is 5.92 Å². The maximum atomic E-state index is 12.4. The number of amides is 3. The minimum Gasteiger partial charge on any atom is -0.462 e. The van der Waals surface area contributed by atoms with Gasteiger partial charge in [-0.2, -0.15) is 0 Å². The normalized spacial score (nSPS) is 12.4. The third-order valence-electron chi connectivity index (χ3n) is 4.98. The lowest BCUT2D eigenvalue weighted by atomic mass is 10.1. The number of ether oxygens (including phenoxy) is 2. The molecule has 1 fully saturated rings. The van der Waals surface area contributed by atoms with Gasteiger partial charge < -0.3 is 25.4 Å². The van der Waals surface area contributed by atoms with Crippen molar-refractivity contribution in [2.75, 3.05) is 30.9 Å². The Morgan fingerprint density at radius 2 is 1.68 bits per heavy atom. The van der Waals surface area contributed by atoms with Crippen molar-refractivity contribution in [1.82, 2.24) is 5.32 Å². The maximum absolute atomic E-state index is 12.4. The van der Waals surface area contributed by atoms with Crippen LogP contribution in [-0.4, -0.2) is 49.9 Å². The number of anilines is 2. The molecule has 1 heterocycles. The summed E-state index contributed by atoms with van der Waals surface area (Å²) < 4.78 is 10.1. The van der Waals surface area contributed by atoms with E-state index in [4.69, 9.17) is 9.47 Å². The Kier molecular flexibility index (Phi) is 8.00. The topological polar surface area (TPSA) is 140 Å². The maximum Gasteiger partial charge on any atom is 0.341 e. The summed E-state index contributed by atoms with van der Waals surface area (Å²) in [5.74, 6) is -2.47. The van der Waals surface area contributed by atoms with Gasteiger partial charge in [0, 0.05) is 18.7 Å². The minimum absolute atomic E-state index is 0.0439. The van der Waals surface area contributed by atoms with Crippen LogP contribution in [0.15, 0.2) is 24.3 Å². The number of thiophene rings is 1.